The van der Waals surface area contributed by atoms with Gasteiger partial charge in [-0.15, -0.1) is 0 Å². The number of amidine groups is 1. The third-order valence-electron chi connectivity index (χ3n) is 2.42. The first-order chi connectivity index (χ1) is 8.27. The Kier molecular flexibility index (Phi) is 5.88. The molecule has 94 valence electrons. The minimum Gasteiger partial charge on any atom is -0.496 e. The number of nitrogens with one attached hydrogen (secondary N) is 1. The molecule has 0 atom stereocenters. The molecule has 4 N–H and O–H groups in total. The molecule has 5 nitrogen and oxygen atoms in total. The maximum atomic E-state index is 8.36. The lowest BCUT2D eigenvalue weighted by Crippen LogP contribution is -2.18. The molecule has 1 aromatic rings. The summed E-state index contributed by atoms with van der Waals surface area (Å²) in [7, 11) is 1.66. The number of nitrogens with zero attached hydrogens (tertiary/aromatic N) is 1. The first-order valence-corrected chi connectivity index (χ1v) is 5.57. The van der Waals surface area contributed by atoms with Crippen molar-refractivity contribution in [3.05, 3.63) is 29.8 Å². The van der Waals surface area contributed by atoms with Gasteiger partial charge in [-0.3, -0.25) is 0 Å². The van der Waals surface area contributed by atoms with Crippen LogP contribution in [0.2, 0.25) is 0 Å². The highest BCUT2D eigenvalue weighted by molar-refractivity contribution is 5.79. The third-order valence-corrected chi connectivity index (χ3v) is 2.42. The summed E-state index contributed by atoms with van der Waals surface area (Å²) in [5.74, 6) is 1.15. The quantitative estimate of drug-likeness (QED) is 0.220. The van der Waals surface area contributed by atoms with Crippen LogP contribution in [0.4, 0.5) is 0 Å². The van der Waals surface area contributed by atoms with Crippen molar-refractivity contribution in [3.63, 3.8) is 0 Å². The number of benzene rings is 1. The van der Waals surface area contributed by atoms with Crippen LogP contribution in [-0.4, -0.2) is 24.7 Å². The maximum Gasteiger partial charge on any atom is 0.139 e. The van der Waals surface area contributed by atoms with Gasteiger partial charge in [0.2, 0.25) is 0 Å². The smallest absolute Gasteiger partial charge is 0.139 e. The summed E-state index contributed by atoms with van der Waals surface area (Å²) in [5.41, 5.74) is 6.49. The second-order valence-electron chi connectivity index (χ2n) is 3.68. The number of rotatable bonds is 7. The van der Waals surface area contributed by atoms with Gasteiger partial charge < -0.3 is 21.0 Å². The molecule has 1 rings (SSSR count). The number of methoxy groups -OCH3 is 1. The summed E-state index contributed by atoms with van der Waals surface area (Å²) < 4.78 is 5.25. The van der Waals surface area contributed by atoms with E-state index in [0.717, 1.165) is 30.8 Å². The second-order valence-corrected chi connectivity index (χ2v) is 3.68. The fourth-order valence-electron chi connectivity index (χ4n) is 1.52. The van der Waals surface area contributed by atoms with E-state index in [4.69, 9.17) is 15.7 Å². The van der Waals surface area contributed by atoms with Gasteiger partial charge in [0.25, 0.3) is 0 Å². The van der Waals surface area contributed by atoms with Crippen LogP contribution in [-0.2, 0) is 6.54 Å². The summed E-state index contributed by atoms with van der Waals surface area (Å²) in [6, 6.07) is 7.89. The van der Waals surface area contributed by atoms with Crippen molar-refractivity contribution in [2.24, 2.45) is 10.9 Å². The van der Waals surface area contributed by atoms with E-state index in [2.05, 4.69) is 10.5 Å². The number of nitrogens with two attached hydrogens (primary N) is 1. The predicted octanol–water partition coefficient (Wildman–Crippen LogP) is 1.31. The van der Waals surface area contributed by atoms with Crippen LogP contribution in [0.25, 0.3) is 0 Å². The summed E-state index contributed by atoms with van der Waals surface area (Å²) in [6.45, 7) is 1.56. The Balaban J connectivity index is 2.26. The van der Waals surface area contributed by atoms with Gasteiger partial charge in [-0.05, 0) is 19.0 Å². The van der Waals surface area contributed by atoms with Gasteiger partial charge in [-0.2, -0.15) is 0 Å². The van der Waals surface area contributed by atoms with E-state index < -0.39 is 0 Å². The molecule has 0 fully saturated rings. The Morgan fingerprint density at radius 1 is 1.47 bits per heavy atom. The molecule has 0 aliphatic carbocycles. The Bertz CT molecular complexity index is 367. The average molecular weight is 237 g/mol. The standard InChI is InChI=1S/C12H19N3O2/c1-17-11-6-3-2-5-10(11)9-14-8-4-7-12(13)15-16/h2-3,5-6,14,16H,4,7-9H2,1H3,(H2,13,15). The van der Waals surface area contributed by atoms with Crippen molar-refractivity contribution in [2.45, 2.75) is 19.4 Å². The highest BCUT2D eigenvalue weighted by atomic mass is 16.5. The highest BCUT2D eigenvalue weighted by Crippen LogP contribution is 2.16. The molecule has 0 saturated heterocycles. The van der Waals surface area contributed by atoms with Gasteiger partial charge in [0.1, 0.15) is 11.6 Å². The molecular formula is C12H19N3O2. The van der Waals surface area contributed by atoms with Crippen LogP contribution < -0.4 is 15.8 Å². The van der Waals surface area contributed by atoms with Crippen molar-refractivity contribution in [1.82, 2.24) is 5.32 Å². The van der Waals surface area contributed by atoms with Gasteiger partial charge in [-0.25, -0.2) is 0 Å². The first kappa shape index (κ1) is 13.3. The zero-order valence-electron chi connectivity index (χ0n) is 10.0. The van der Waals surface area contributed by atoms with E-state index in [1.807, 2.05) is 24.3 Å². The lowest BCUT2D eigenvalue weighted by Gasteiger charge is -2.09. The van der Waals surface area contributed by atoms with E-state index in [1.54, 1.807) is 7.11 Å². The van der Waals surface area contributed by atoms with Crippen LogP contribution in [0.15, 0.2) is 29.4 Å². The minimum atomic E-state index is 0.268. The maximum absolute atomic E-state index is 8.36. The molecule has 5 heteroatoms. The van der Waals surface area contributed by atoms with Gasteiger partial charge in [0.15, 0.2) is 0 Å². The number of para-hydroxylation sites is 1. The average Bonchev–Trinajstić information content (AvgIpc) is 2.38. The number of oxime groups is 1. The Hall–Kier alpha value is -1.75. The fraction of sp³-hybridized carbons (Fsp3) is 0.417. The van der Waals surface area contributed by atoms with Crippen molar-refractivity contribution >= 4 is 5.84 Å². The lowest BCUT2D eigenvalue weighted by atomic mass is 10.2. The topological polar surface area (TPSA) is 79.9 Å². The van der Waals surface area contributed by atoms with Gasteiger partial charge in [0.05, 0.1) is 7.11 Å². The number of hydrogen-bond donors (Lipinski definition) is 3. The molecule has 1 aromatic carbocycles. The van der Waals surface area contributed by atoms with Crippen molar-refractivity contribution < 1.29 is 9.94 Å². The van der Waals surface area contributed by atoms with Crippen LogP contribution in [0.3, 0.4) is 0 Å². The van der Waals surface area contributed by atoms with E-state index in [0.29, 0.717) is 6.42 Å². The monoisotopic (exact) mass is 237 g/mol. The third kappa shape index (κ3) is 4.74. The molecule has 0 unspecified atom stereocenters. The first-order valence-electron chi connectivity index (χ1n) is 5.57. The Labute approximate surface area is 101 Å². The molecule has 0 saturated carbocycles. The zero-order valence-corrected chi connectivity index (χ0v) is 10.0. The van der Waals surface area contributed by atoms with Crippen LogP contribution >= 0.6 is 0 Å². The van der Waals surface area contributed by atoms with E-state index in [-0.39, 0.29) is 5.84 Å². The summed E-state index contributed by atoms with van der Waals surface area (Å²) in [5, 5.41) is 14.6. The minimum absolute atomic E-state index is 0.268. The van der Waals surface area contributed by atoms with Crippen LogP contribution in [0.5, 0.6) is 5.75 Å². The molecule has 0 aliphatic rings. The Morgan fingerprint density at radius 2 is 2.24 bits per heavy atom. The molecule has 0 bridgehead atoms. The van der Waals surface area contributed by atoms with E-state index in [1.165, 1.54) is 0 Å². The molecule has 0 amide bonds. The van der Waals surface area contributed by atoms with Gasteiger partial charge in [0, 0.05) is 18.5 Å². The summed E-state index contributed by atoms with van der Waals surface area (Å²) in [6.07, 6.45) is 1.43. The van der Waals surface area contributed by atoms with Crippen molar-refractivity contribution in [2.75, 3.05) is 13.7 Å². The van der Waals surface area contributed by atoms with Crippen LogP contribution in [0.1, 0.15) is 18.4 Å². The highest BCUT2D eigenvalue weighted by Gasteiger charge is 2.00. The van der Waals surface area contributed by atoms with Crippen LogP contribution in [0, 0.1) is 0 Å². The molecule has 17 heavy (non-hydrogen) atoms. The van der Waals surface area contributed by atoms with E-state index >= 15 is 0 Å². The lowest BCUT2D eigenvalue weighted by molar-refractivity contribution is 0.316. The predicted molar refractivity (Wildman–Crippen MR) is 67.3 cm³/mol. The fourth-order valence-corrected chi connectivity index (χ4v) is 1.52. The summed E-state index contributed by atoms with van der Waals surface area (Å²) >= 11 is 0. The van der Waals surface area contributed by atoms with Gasteiger partial charge in [-0.1, -0.05) is 23.4 Å². The molecule has 0 heterocycles. The molecule has 0 radical (unpaired) electrons. The van der Waals surface area contributed by atoms with Crippen molar-refractivity contribution in [3.8, 4) is 5.75 Å². The molecular weight excluding hydrogens is 218 g/mol. The number of ether oxygens (including phenoxy) is 1. The normalized spacial score (nSPS) is 11.5. The Morgan fingerprint density at radius 3 is 2.94 bits per heavy atom. The van der Waals surface area contributed by atoms with Crippen molar-refractivity contribution in [1.29, 1.82) is 0 Å². The second kappa shape index (κ2) is 7.51. The van der Waals surface area contributed by atoms with Gasteiger partial charge >= 0.3 is 0 Å². The summed E-state index contributed by atoms with van der Waals surface area (Å²) in [4.78, 5) is 0. The molecule has 0 aromatic heterocycles. The van der Waals surface area contributed by atoms with E-state index in [9.17, 15) is 0 Å². The molecule has 0 spiro atoms. The SMILES string of the molecule is COc1ccccc1CNCCCC(N)=NO. The largest absolute Gasteiger partial charge is 0.496 e. The zero-order chi connectivity index (χ0) is 12.5. The molecule has 0 aliphatic heterocycles. The number of hydrogen-bond acceptors (Lipinski definition) is 4.